The van der Waals surface area contributed by atoms with Crippen molar-refractivity contribution in [2.75, 3.05) is 0 Å². The second-order valence-corrected chi connectivity index (χ2v) is 17.2. The normalized spacial score (nSPS) is 38.1. The fourth-order valence-electron chi connectivity index (χ4n) is 12.7. The van der Waals surface area contributed by atoms with Gasteiger partial charge in [0.2, 0.25) is 0 Å². The first kappa shape index (κ1) is 30.6. The molecule has 12 rings (SSSR count). The largest absolute Gasteiger partial charge is 0.385 e. The van der Waals surface area contributed by atoms with Crippen LogP contribution in [-0.2, 0) is 15.9 Å². The molecule has 0 heterocycles. The smallest absolute Gasteiger partial charge is 0.109 e. The van der Waals surface area contributed by atoms with Gasteiger partial charge in [0, 0.05) is 0 Å². The standard InChI is InChI=1S/C46H50O3/c47-45(39-21-29-19-30(23-39)24-40(45)22-29)37-15-11-35(12-16-37)43(33-7-3-1-4-8-33)49-44(34-9-5-2-6-10-34)36-13-17-38(18-14-36)46(48)41-25-31-20-32(27-41)28-42(46)26-31/h1-18,29-32,39-44,47-48H,19-28H2. The fraction of sp³-hybridized carbons (Fsp3) is 0.478. The molecule has 0 saturated heterocycles. The van der Waals surface area contributed by atoms with E-state index in [2.05, 4.69) is 109 Å². The Kier molecular flexibility index (Phi) is 7.27. The van der Waals surface area contributed by atoms with E-state index in [1.165, 1.54) is 64.2 Å². The van der Waals surface area contributed by atoms with Gasteiger partial charge in [-0.15, -0.1) is 0 Å². The third-order valence-corrected chi connectivity index (χ3v) is 14.6. The van der Waals surface area contributed by atoms with Gasteiger partial charge in [-0.25, -0.2) is 0 Å². The van der Waals surface area contributed by atoms with Crippen LogP contribution in [0.15, 0.2) is 109 Å². The number of hydrogen-bond donors (Lipinski definition) is 2. The van der Waals surface area contributed by atoms with E-state index >= 15 is 0 Å². The number of ether oxygens (including phenoxy) is 1. The summed E-state index contributed by atoms with van der Waals surface area (Å²) < 4.78 is 7.28. The van der Waals surface area contributed by atoms with Crippen molar-refractivity contribution in [3.8, 4) is 0 Å². The minimum atomic E-state index is -0.704. The summed E-state index contributed by atoms with van der Waals surface area (Å²) in [6, 6.07) is 38.8. The Balaban J connectivity index is 0.980. The maximum absolute atomic E-state index is 12.3. The summed E-state index contributed by atoms with van der Waals surface area (Å²) in [6.45, 7) is 0. The molecule has 4 aromatic rings. The lowest BCUT2D eigenvalue weighted by molar-refractivity contribution is -0.179. The molecule has 8 fully saturated rings. The van der Waals surface area contributed by atoms with Crippen molar-refractivity contribution in [2.45, 2.75) is 87.6 Å². The van der Waals surface area contributed by atoms with Crippen LogP contribution in [0, 0.1) is 47.3 Å². The van der Waals surface area contributed by atoms with Crippen molar-refractivity contribution in [1.82, 2.24) is 0 Å². The lowest BCUT2D eigenvalue weighted by Crippen LogP contribution is -2.55. The van der Waals surface area contributed by atoms with Crippen LogP contribution >= 0.6 is 0 Å². The third-order valence-electron chi connectivity index (χ3n) is 14.6. The van der Waals surface area contributed by atoms with Crippen LogP contribution in [-0.4, -0.2) is 10.2 Å². The highest BCUT2D eigenvalue weighted by Crippen LogP contribution is 2.63. The number of rotatable bonds is 8. The van der Waals surface area contributed by atoms with E-state index in [1.807, 2.05) is 0 Å². The fourth-order valence-corrected chi connectivity index (χ4v) is 12.7. The number of hydrogen-bond acceptors (Lipinski definition) is 3. The highest BCUT2D eigenvalue weighted by Gasteiger charge is 2.58. The van der Waals surface area contributed by atoms with Crippen molar-refractivity contribution in [3.05, 3.63) is 143 Å². The molecule has 3 nitrogen and oxygen atoms in total. The average molecular weight is 651 g/mol. The van der Waals surface area contributed by atoms with E-state index in [-0.39, 0.29) is 12.2 Å². The summed E-state index contributed by atoms with van der Waals surface area (Å²) in [4.78, 5) is 0. The number of benzene rings is 4. The molecule has 8 aliphatic carbocycles. The van der Waals surface area contributed by atoms with Crippen molar-refractivity contribution >= 4 is 0 Å². The average Bonchev–Trinajstić information content (AvgIpc) is 3.13. The van der Waals surface area contributed by atoms with Gasteiger partial charge in [0.05, 0.1) is 11.2 Å². The molecule has 2 unspecified atom stereocenters. The molecule has 3 heteroatoms. The van der Waals surface area contributed by atoms with E-state index < -0.39 is 11.2 Å². The van der Waals surface area contributed by atoms with Gasteiger partial charge < -0.3 is 14.9 Å². The minimum absolute atomic E-state index is 0.290. The van der Waals surface area contributed by atoms with Gasteiger partial charge in [0.1, 0.15) is 12.2 Å². The highest BCUT2D eigenvalue weighted by molar-refractivity contribution is 5.39. The summed E-state index contributed by atoms with van der Waals surface area (Å²) in [6.07, 6.45) is 11.6. The van der Waals surface area contributed by atoms with Gasteiger partial charge in [0.15, 0.2) is 0 Å². The van der Waals surface area contributed by atoms with Crippen LogP contribution in [0.1, 0.15) is 110 Å². The Morgan fingerprint density at radius 2 is 0.673 bits per heavy atom. The predicted octanol–water partition coefficient (Wildman–Crippen LogP) is 9.87. The zero-order chi connectivity index (χ0) is 32.7. The first-order valence-corrected chi connectivity index (χ1v) is 19.4. The first-order valence-electron chi connectivity index (χ1n) is 19.4. The van der Waals surface area contributed by atoms with Crippen molar-refractivity contribution in [3.63, 3.8) is 0 Å². The Bertz CT molecular complexity index is 1590. The Hall–Kier alpha value is -3.24. The van der Waals surface area contributed by atoms with E-state index in [4.69, 9.17) is 4.74 Å². The quantitative estimate of drug-likeness (QED) is 0.200. The molecule has 2 N–H and O–H groups in total. The third kappa shape index (κ3) is 4.94. The van der Waals surface area contributed by atoms with Crippen LogP contribution in [0.25, 0.3) is 0 Å². The zero-order valence-electron chi connectivity index (χ0n) is 28.5. The molecule has 0 aromatic heterocycles. The topological polar surface area (TPSA) is 49.7 Å². The van der Waals surface area contributed by atoms with Crippen LogP contribution in [0.2, 0.25) is 0 Å². The summed E-state index contributed by atoms with van der Waals surface area (Å²) >= 11 is 0. The molecule has 49 heavy (non-hydrogen) atoms. The molecular weight excluding hydrogens is 601 g/mol. The van der Waals surface area contributed by atoms with Crippen molar-refractivity contribution in [2.24, 2.45) is 47.3 Å². The lowest BCUT2D eigenvalue weighted by atomic mass is 9.48. The van der Waals surface area contributed by atoms with E-state index in [0.29, 0.717) is 23.7 Å². The second kappa shape index (κ2) is 11.7. The molecule has 0 amide bonds. The molecule has 0 radical (unpaired) electrons. The molecular formula is C46H50O3. The predicted molar refractivity (Wildman–Crippen MR) is 192 cm³/mol. The maximum atomic E-state index is 12.3. The van der Waals surface area contributed by atoms with Crippen molar-refractivity contribution < 1.29 is 14.9 Å². The molecule has 252 valence electrons. The number of aliphatic hydroxyl groups is 2. The van der Waals surface area contributed by atoms with Crippen LogP contribution in [0.3, 0.4) is 0 Å². The summed E-state index contributed by atoms with van der Waals surface area (Å²) in [7, 11) is 0. The molecule has 0 spiro atoms. The molecule has 8 saturated carbocycles. The van der Waals surface area contributed by atoms with Crippen LogP contribution in [0.4, 0.5) is 0 Å². The summed E-state index contributed by atoms with van der Waals surface area (Å²) in [5.74, 6) is 4.82. The highest BCUT2D eigenvalue weighted by atomic mass is 16.5. The van der Waals surface area contributed by atoms with Gasteiger partial charge in [-0.1, -0.05) is 109 Å². The Morgan fingerprint density at radius 3 is 0.980 bits per heavy atom. The summed E-state index contributed by atoms with van der Waals surface area (Å²) in [5, 5.41) is 24.6. The lowest BCUT2D eigenvalue weighted by Gasteiger charge is -2.59. The first-order chi connectivity index (χ1) is 23.9. The van der Waals surface area contributed by atoms with Crippen LogP contribution < -0.4 is 0 Å². The van der Waals surface area contributed by atoms with E-state index in [9.17, 15) is 10.2 Å². The Labute approximate surface area is 291 Å². The van der Waals surface area contributed by atoms with Gasteiger partial charge >= 0.3 is 0 Å². The van der Waals surface area contributed by atoms with Gasteiger partial charge in [-0.05, 0) is 145 Å². The monoisotopic (exact) mass is 650 g/mol. The van der Waals surface area contributed by atoms with Gasteiger partial charge in [0.25, 0.3) is 0 Å². The molecule has 4 aromatic carbocycles. The summed E-state index contributed by atoms with van der Waals surface area (Å²) in [5.41, 5.74) is 5.21. The molecule has 8 bridgehead atoms. The molecule has 2 atom stereocenters. The molecule has 8 aliphatic rings. The minimum Gasteiger partial charge on any atom is -0.385 e. The van der Waals surface area contributed by atoms with E-state index in [1.54, 1.807) is 0 Å². The Morgan fingerprint density at radius 1 is 0.388 bits per heavy atom. The zero-order valence-corrected chi connectivity index (χ0v) is 28.5. The maximum Gasteiger partial charge on any atom is 0.109 e. The molecule has 0 aliphatic heterocycles. The van der Waals surface area contributed by atoms with Crippen LogP contribution in [0.5, 0.6) is 0 Å². The van der Waals surface area contributed by atoms with E-state index in [0.717, 1.165) is 57.1 Å². The SMILES string of the molecule is OC1(c2ccc(C(OC(c3ccccc3)c3ccc(C4(O)C5CC6CC(C5)CC4C6)cc3)c3ccccc3)cc2)C2CC3CC(C2)CC1C3. The van der Waals surface area contributed by atoms with Gasteiger partial charge in [-0.3, -0.25) is 0 Å². The van der Waals surface area contributed by atoms with Gasteiger partial charge in [-0.2, -0.15) is 0 Å². The second-order valence-electron chi connectivity index (χ2n) is 17.2. The van der Waals surface area contributed by atoms with Crippen molar-refractivity contribution in [1.29, 1.82) is 0 Å².